The van der Waals surface area contributed by atoms with E-state index < -0.39 is 23.5 Å². The second-order valence-electron chi connectivity index (χ2n) is 7.92. The van der Waals surface area contributed by atoms with Crippen molar-refractivity contribution in [2.75, 3.05) is 6.61 Å². The van der Waals surface area contributed by atoms with E-state index in [1.165, 1.54) is 18.3 Å². The lowest BCUT2D eigenvalue weighted by molar-refractivity contribution is 0.134. The predicted molar refractivity (Wildman–Crippen MR) is 107 cm³/mol. The molecule has 0 unspecified atom stereocenters. The number of nitrogens with zero attached hydrogens (tertiary/aromatic N) is 2. The fraction of sp³-hybridized carbons (Fsp3) is 0.364. The van der Waals surface area contributed by atoms with Gasteiger partial charge in [-0.2, -0.15) is 0 Å². The highest BCUT2D eigenvalue weighted by Crippen LogP contribution is 2.33. The minimum Gasteiger partial charge on any atom is -0.490 e. The molecule has 1 aromatic carbocycles. The minimum absolute atomic E-state index is 0.00581. The van der Waals surface area contributed by atoms with Crippen LogP contribution in [0.1, 0.15) is 39.3 Å². The lowest BCUT2D eigenvalue weighted by atomic mass is 9.93. The van der Waals surface area contributed by atoms with E-state index >= 15 is 0 Å². The Hall–Kier alpha value is -2.67. The summed E-state index contributed by atoms with van der Waals surface area (Å²) < 4.78 is 47.0. The minimum atomic E-state index is -2.83. The van der Waals surface area contributed by atoms with Crippen LogP contribution in [0.2, 0.25) is 0 Å². The summed E-state index contributed by atoms with van der Waals surface area (Å²) >= 11 is 0. The van der Waals surface area contributed by atoms with Gasteiger partial charge in [-0.3, -0.25) is 4.98 Å². The van der Waals surface area contributed by atoms with Crippen LogP contribution in [-0.2, 0) is 0 Å². The third-order valence-corrected chi connectivity index (χ3v) is 4.52. The fourth-order valence-corrected chi connectivity index (χ4v) is 3.49. The molecule has 2 heterocycles. The molecule has 0 radical (unpaired) electrons. The van der Waals surface area contributed by atoms with Crippen LogP contribution in [0.4, 0.5) is 13.2 Å². The molecule has 29 heavy (non-hydrogen) atoms. The number of benzene rings is 1. The molecular formula is C22H24F3N3O. The van der Waals surface area contributed by atoms with E-state index in [9.17, 15) is 13.2 Å². The highest BCUT2D eigenvalue weighted by molar-refractivity contribution is 5.93. The number of ether oxygens (including phenoxy) is 1. The van der Waals surface area contributed by atoms with Crippen molar-refractivity contribution in [3.05, 3.63) is 54.1 Å². The Kier molecular flexibility index (Phi) is 6.07. The van der Waals surface area contributed by atoms with Gasteiger partial charge in [0.2, 0.25) is 0 Å². The van der Waals surface area contributed by atoms with Gasteiger partial charge >= 0.3 is 0 Å². The molecule has 0 fully saturated rings. The van der Waals surface area contributed by atoms with Gasteiger partial charge in [0.15, 0.2) is 0 Å². The first-order chi connectivity index (χ1) is 13.7. The molecular weight excluding hydrogens is 379 g/mol. The van der Waals surface area contributed by atoms with Crippen LogP contribution in [0.15, 0.2) is 42.6 Å². The van der Waals surface area contributed by atoms with E-state index in [0.717, 1.165) is 0 Å². The third kappa shape index (κ3) is 4.85. The quantitative estimate of drug-likeness (QED) is 0.565. The van der Waals surface area contributed by atoms with E-state index in [-0.39, 0.29) is 17.9 Å². The van der Waals surface area contributed by atoms with E-state index in [0.29, 0.717) is 29.0 Å². The topological polar surface area (TPSA) is 61.0 Å². The number of pyridine rings is 2. The van der Waals surface area contributed by atoms with Gasteiger partial charge in [-0.05, 0) is 43.5 Å². The highest BCUT2D eigenvalue weighted by atomic mass is 19.3. The molecule has 1 atom stereocenters. The molecule has 0 amide bonds. The third-order valence-electron chi connectivity index (χ3n) is 4.52. The first-order valence-electron chi connectivity index (χ1n) is 9.42. The Morgan fingerprint density at radius 3 is 2.59 bits per heavy atom. The molecule has 3 aromatic rings. The van der Waals surface area contributed by atoms with E-state index in [4.69, 9.17) is 10.5 Å². The van der Waals surface area contributed by atoms with Crippen LogP contribution in [0.3, 0.4) is 0 Å². The average molecular weight is 403 g/mol. The number of para-hydroxylation sites is 1. The number of aromatic nitrogens is 2. The Morgan fingerprint density at radius 2 is 1.90 bits per heavy atom. The van der Waals surface area contributed by atoms with Gasteiger partial charge in [-0.25, -0.2) is 18.2 Å². The van der Waals surface area contributed by atoms with E-state index in [2.05, 4.69) is 9.97 Å². The molecule has 2 aromatic heterocycles. The molecule has 0 bridgehead atoms. The summed E-state index contributed by atoms with van der Waals surface area (Å²) in [5.74, 6) is -0.136. The van der Waals surface area contributed by atoms with Gasteiger partial charge < -0.3 is 10.5 Å². The Morgan fingerprint density at radius 1 is 1.14 bits per heavy atom. The van der Waals surface area contributed by atoms with Gasteiger partial charge in [0.25, 0.3) is 6.43 Å². The SMILES string of the molecule is CC(C)C[C@](C)(N)COc1ccc(-c2ccnc3c(F)cccc23)nc1C(F)F. The van der Waals surface area contributed by atoms with Crippen LogP contribution in [0.25, 0.3) is 22.2 Å². The summed E-state index contributed by atoms with van der Waals surface area (Å²) in [5.41, 5.74) is 6.08. The molecule has 0 saturated carbocycles. The second kappa shape index (κ2) is 8.37. The lowest BCUT2D eigenvalue weighted by Crippen LogP contribution is -2.43. The van der Waals surface area contributed by atoms with Gasteiger partial charge in [-0.1, -0.05) is 26.0 Å². The molecule has 0 aliphatic carbocycles. The summed E-state index contributed by atoms with van der Waals surface area (Å²) in [6.45, 7) is 5.99. The van der Waals surface area contributed by atoms with E-state index in [1.807, 2.05) is 20.8 Å². The van der Waals surface area contributed by atoms with Gasteiger partial charge in [0.1, 0.15) is 29.4 Å². The van der Waals surface area contributed by atoms with Crippen LogP contribution < -0.4 is 10.5 Å². The summed E-state index contributed by atoms with van der Waals surface area (Å²) in [6, 6.07) is 9.19. The van der Waals surface area contributed by atoms with Gasteiger partial charge in [-0.15, -0.1) is 0 Å². The number of alkyl halides is 2. The summed E-state index contributed by atoms with van der Waals surface area (Å²) in [6.07, 6.45) is -0.707. The van der Waals surface area contributed by atoms with Crippen molar-refractivity contribution in [1.82, 2.24) is 9.97 Å². The summed E-state index contributed by atoms with van der Waals surface area (Å²) in [7, 11) is 0. The monoisotopic (exact) mass is 403 g/mol. The largest absolute Gasteiger partial charge is 0.490 e. The number of hydrogen-bond donors (Lipinski definition) is 1. The number of fused-ring (bicyclic) bond motifs is 1. The zero-order valence-electron chi connectivity index (χ0n) is 16.6. The summed E-state index contributed by atoms with van der Waals surface area (Å²) in [4.78, 5) is 8.15. The van der Waals surface area contributed by atoms with Crippen molar-refractivity contribution >= 4 is 10.9 Å². The van der Waals surface area contributed by atoms with Crippen molar-refractivity contribution < 1.29 is 17.9 Å². The zero-order valence-corrected chi connectivity index (χ0v) is 16.6. The van der Waals surface area contributed by atoms with Gasteiger partial charge in [0.05, 0.1) is 5.69 Å². The zero-order chi connectivity index (χ0) is 21.2. The van der Waals surface area contributed by atoms with E-state index in [1.54, 1.807) is 24.3 Å². The maximum absolute atomic E-state index is 14.0. The predicted octanol–water partition coefficient (Wildman–Crippen LogP) is 5.52. The van der Waals surface area contributed by atoms with Crippen LogP contribution in [-0.4, -0.2) is 22.1 Å². The highest BCUT2D eigenvalue weighted by Gasteiger charge is 2.24. The lowest BCUT2D eigenvalue weighted by Gasteiger charge is -2.27. The normalized spacial score (nSPS) is 13.8. The van der Waals surface area contributed by atoms with Crippen LogP contribution in [0.5, 0.6) is 5.75 Å². The first-order valence-corrected chi connectivity index (χ1v) is 9.42. The summed E-state index contributed by atoms with van der Waals surface area (Å²) in [5, 5.41) is 0.500. The molecule has 0 aliphatic rings. The Labute approximate surface area is 167 Å². The number of halogens is 3. The van der Waals surface area contributed by atoms with Crippen molar-refractivity contribution in [2.24, 2.45) is 11.7 Å². The fourth-order valence-electron chi connectivity index (χ4n) is 3.49. The smallest absolute Gasteiger partial charge is 0.284 e. The number of nitrogens with two attached hydrogens (primary N) is 1. The number of rotatable bonds is 7. The van der Waals surface area contributed by atoms with Crippen molar-refractivity contribution in [3.63, 3.8) is 0 Å². The molecule has 0 spiro atoms. The molecule has 0 aliphatic heterocycles. The standard InChI is InChI=1S/C22H24F3N3O/c1-13(2)11-22(3,26)12-29-18-8-7-17(28-20(18)21(24)25)14-9-10-27-19-15(14)5-4-6-16(19)23/h4-10,13,21H,11-12,26H2,1-3H3/t22-/m0/s1. The van der Waals surface area contributed by atoms with Crippen molar-refractivity contribution in [3.8, 4) is 17.0 Å². The maximum Gasteiger partial charge on any atom is 0.284 e. The Bertz CT molecular complexity index is 1010. The second-order valence-corrected chi connectivity index (χ2v) is 7.92. The van der Waals surface area contributed by atoms with Crippen LogP contribution in [0, 0.1) is 11.7 Å². The average Bonchev–Trinajstić information content (AvgIpc) is 2.65. The molecule has 7 heteroatoms. The Balaban J connectivity index is 1.96. The first kappa shape index (κ1) is 21.0. The van der Waals surface area contributed by atoms with Crippen molar-refractivity contribution in [2.45, 2.75) is 39.2 Å². The number of hydrogen-bond acceptors (Lipinski definition) is 4. The molecule has 2 N–H and O–H groups in total. The molecule has 4 nitrogen and oxygen atoms in total. The molecule has 3 rings (SSSR count). The van der Waals surface area contributed by atoms with Crippen LogP contribution >= 0.6 is 0 Å². The molecule has 0 saturated heterocycles. The van der Waals surface area contributed by atoms with Crippen molar-refractivity contribution in [1.29, 1.82) is 0 Å². The molecule has 154 valence electrons. The van der Waals surface area contributed by atoms with Gasteiger partial charge in [0, 0.05) is 22.7 Å². The maximum atomic E-state index is 14.0.